The monoisotopic (exact) mass is 503 g/mol. The molecular formula is C28H36F3N3O2. The first kappa shape index (κ1) is 26.3. The van der Waals surface area contributed by atoms with E-state index in [1.54, 1.807) is 26.0 Å². The summed E-state index contributed by atoms with van der Waals surface area (Å²) in [5.41, 5.74) is 3.94. The minimum absolute atomic E-state index is 0.183. The van der Waals surface area contributed by atoms with Gasteiger partial charge in [-0.05, 0) is 98.9 Å². The number of benzene rings is 2. The number of anilines is 2. The molecule has 2 atom stereocenters. The number of aryl methyl sites for hydroxylation is 1. The van der Waals surface area contributed by atoms with Gasteiger partial charge < -0.3 is 19.7 Å². The summed E-state index contributed by atoms with van der Waals surface area (Å²) in [5.74, 6) is 0.943. The summed E-state index contributed by atoms with van der Waals surface area (Å²) in [6, 6.07) is 10.1. The van der Waals surface area contributed by atoms with Gasteiger partial charge in [-0.1, -0.05) is 20.8 Å². The Balaban J connectivity index is 1.76. The molecule has 1 aromatic heterocycles. The minimum atomic E-state index is -4.73. The number of halogens is 3. The molecule has 2 aromatic carbocycles. The number of hydrogen-bond donors (Lipinski definition) is 2. The topological polar surface area (TPSA) is 59.3 Å². The number of rotatable bonds is 6. The molecule has 0 radical (unpaired) electrons. The van der Waals surface area contributed by atoms with Gasteiger partial charge in [-0.15, -0.1) is 13.2 Å². The number of hydrogen-bond acceptors (Lipinski definition) is 4. The van der Waals surface area contributed by atoms with Gasteiger partial charge in [0.25, 0.3) is 0 Å². The van der Waals surface area contributed by atoms with Crippen LogP contribution in [0.3, 0.4) is 0 Å². The Morgan fingerprint density at radius 2 is 1.81 bits per heavy atom. The van der Waals surface area contributed by atoms with Crippen LogP contribution in [0.25, 0.3) is 11.0 Å². The summed E-state index contributed by atoms with van der Waals surface area (Å²) in [6.45, 7) is 12.5. The molecule has 1 saturated carbocycles. The van der Waals surface area contributed by atoms with Crippen LogP contribution < -0.4 is 10.1 Å². The quantitative estimate of drug-likeness (QED) is 0.362. The third kappa shape index (κ3) is 6.33. The van der Waals surface area contributed by atoms with E-state index in [1.165, 1.54) is 12.1 Å². The molecule has 2 unspecified atom stereocenters. The van der Waals surface area contributed by atoms with E-state index in [4.69, 9.17) is 4.98 Å². The number of fused-ring (bicyclic) bond motifs is 1. The summed E-state index contributed by atoms with van der Waals surface area (Å²) >= 11 is 0. The van der Waals surface area contributed by atoms with Gasteiger partial charge in [0, 0.05) is 18.2 Å². The van der Waals surface area contributed by atoms with Crippen LogP contribution >= 0.6 is 0 Å². The predicted octanol–water partition coefficient (Wildman–Crippen LogP) is 7.69. The van der Waals surface area contributed by atoms with Gasteiger partial charge in [0.2, 0.25) is 5.95 Å². The highest BCUT2D eigenvalue weighted by Gasteiger charge is 2.35. The lowest BCUT2D eigenvalue weighted by atomic mass is 9.70. The van der Waals surface area contributed by atoms with Crippen molar-refractivity contribution < 1.29 is 23.0 Å². The minimum Gasteiger partial charge on any atom is -0.406 e. The van der Waals surface area contributed by atoms with Crippen LogP contribution in [0.2, 0.25) is 0 Å². The fourth-order valence-electron chi connectivity index (χ4n) is 5.76. The molecule has 0 amide bonds. The smallest absolute Gasteiger partial charge is 0.406 e. The van der Waals surface area contributed by atoms with Crippen LogP contribution in [-0.2, 0) is 6.42 Å². The number of ether oxygens (including phenoxy) is 1. The van der Waals surface area contributed by atoms with Crippen LogP contribution in [0.1, 0.15) is 71.0 Å². The molecule has 1 aliphatic rings. The van der Waals surface area contributed by atoms with Crippen molar-refractivity contribution in [3.63, 3.8) is 0 Å². The van der Waals surface area contributed by atoms with Crippen LogP contribution in [0.5, 0.6) is 5.75 Å². The first-order valence-electron chi connectivity index (χ1n) is 12.5. The van der Waals surface area contributed by atoms with Crippen LogP contribution in [0, 0.1) is 18.3 Å². The van der Waals surface area contributed by atoms with Crippen molar-refractivity contribution in [2.45, 2.75) is 85.2 Å². The first-order valence-corrected chi connectivity index (χ1v) is 12.5. The van der Waals surface area contributed by atoms with Crippen molar-refractivity contribution >= 4 is 22.7 Å². The predicted molar refractivity (Wildman–Crippen MR) is 137 cm³/mol. The van der Waals surface area contributed by atoms with Crippen molar-refractivity contribution in [3.8, 4) is 5.75 Å². The highest BCUT2D eigenvalue weighted by molar-refractivity contribution is 5.82. The third-order valence-corrected chi connectivity index (χ3v) is 6.84. The Kier molecular flexibility index (Phi) is 6.79. The van der Waals surface area contributed by atoms with Gasteiger partial charge in [0.1, 0.15) is 5.75 Å². The lowest BCUT2D eigenvalue weighted by Gasteiger charge is -2.40. The Labute approximate surface area is 210 Å². The first-order chi connectivity index (χ1) is 16.6. The molecule has 1 heterocycles. The normalized spacial score (nSPS) is 20.5. The molecule has 2 N–H and O–H groups in total. The van der Waals surface area contributed by atoms with E-state index < -0.39 is 12.0 Å². The second-order valence-corrected chi connectivity index (χ2v) is 11.8. The summed E-state index contributed by atoms with van der Waals surface area (Å²) in [6.07, 6.45) is -1.04. The maximum Gasteiger partial charge on any atom is 0.573 e. The largest absolute Gasteiger partial charge is 0.573 e. The Morgan fingerprint density at radius 1 is 1.14 bits per heavy atom. The second-order valence-electron chi connectivity index (χ2n) is 11.8. The molecule has 0 bridgehead atoms. The highest BCUT2D eigenvalue weighted by Crippen LogP contribution is 2.46. The molecule has 3 aromatic rings. The number of aliphatic hydroxyl groups is 1. The van der Waals surface area contributed by atoms with Crippen molar-refractivity contribution in [2.75, 3.05) is 5.32 Å². The van der Waals surface area contributed by atoms with E-state index >= 15 is 0 Å². The van der Waals surface area contributed by atoms with Crippen molar-refractivity contribution in [2.24, 2.45) is 11.3 Å². The fraction of sp³-hybridized carbons (Fsp3) is 0.536. The maximum atomic E-state index is 12.6. The molecule has 0 spiro atoms. The molecule has 4 rings (SSSR count). The highest BCUT2D eigenvalue weighted by atomic mass is 19.4. The van der Waals surface area contributed by atoms with Crippen molar-refractivity contribution in [1.82, 2.24) is 9.55 Å². The van der Waals surface area contributed by atoms with Crippen LogP contribution in [0.4, 0.5) is 24.8 Å². The van der Waals surface area contributed by atoms with E-state index in [2.05, 4.69) is 48.4 Å². The molecule has 1 aliphatic carbocycles. The van der Waals surface area contributed by atoms with Crippen molar-refractivity contribution in [3.05, 3.63) is 47.5 Å². The fourth-order valence-corrected chi connectivity index (χ4v) is 5.76. The van der Waals surface area contributed by atoms with Crippen LogP contribution in [-0.4, -0.2) is 26.6 Å². The standard InChI is InChI=1S/C28H36F3N3O2/c1-17-11-21(16-26(3,4)14-17)34-24-12-18(2)19(15-27(5,6)35)13-23(24)33-25(34)32-20-7-9-22(10-8-20)36-28(29,30)31/h7-10,12-13,17,21,35H,11,14-16H2,1-6H3,(H,32,33). The van der Waals surface area contributed by atoms with Gasteiger partial charge >= 0.3 is 6.36 Å². The SMILES string of the molecule is Cc1cc2c(cc1CC(C)(C)O)nc(Nc1ccc(OC(F)(F)F)cc1)n2C1CC(C)CC(C)(C)C1. The van der Waals surface area contributed by atoms with Gasteiger partial charge in [-0.25, -0.2) is 4.98 Å². The van der Waals surface area contributed by atoms with E-state index in [0.717, 1.165) is 41.4 Å². The lowest BCUT2D eigenvalue weighted by molar-refractivity contribution is -0.274. The Bertz CT molecular complexity index is 1220. The maximum absolute atomic E-state index is 12.6. The number of nitrogens with zero attached hydrogens (tertiary/aromatic N) is 2. The molecule has 196 valence electrons. The van der Waals surface area contributed by atoms with E-state index in [-0.39, 0.29) is 17.2 Å². The van der Waals surface area contributed by atoms with Crippen LogP contribution in [0.15, 0.2) is 36.4 Å². The zero-order valence-corrected chi connectivity index (χ0v) is 21.8. The van der Waals surface area contributed by atoms with E-state index in [1.807, 2.05) is 6.07 Å². The number of imidazole rings is 1. The number of nitrogens with one attached hydrogen (secondary N) is 1. The summed E-state index contributed by atoms with van der Waals surface area (Å²) in [4.78, 5) is 4.93. The summed E-state index contributed by atoms with van der Waals surface area (Å²) < 4.78 is 43.9. The summed E-state index contributed by atoms with van der Waals surface area (Å²) in [5, 5.41) is 13.7. The van der Waals surface area contributed by atoms with Gasteiger partial charge in [-0.2, -0.15) is 0 Å². The average molecular weight is 504 g/mol. The Morgan fingerprint density at radius 3 is 2.39 bits per heavy atom. The molecule has 36 heavy (non-hydrogen) atoms. The molecular weight excluding hydrogens is 467 g/mol. The van der Waals surface area contributed by atoms with Crippen molar-refractivity contribution in [1.29, 1.82) is 0 Å². The van der Waals surface area contributed by atoms with E-state index in [9.17, 15) is 18.3 Å². The molecule has 1 fully saturated rings. The van der Waals surface area contributed by atoms with Gasteiger partial charge in [0.05, 0.1) is 16.6 Å². The van der Waals surface area contributed by atoms with Gasteiger partial charge in [-0.3, -0.25) is 0 Å². The average Bonchev–Trinajstić information content (AvgIpc) is 3.02. The molecule has 0 saturated heterocycles. The van der Waals surface area contributed by atoms with E-state index in [0.29, 0.717) is 24.0 Å². The molecule has 0 aliphatic heterocycles. The molecule has 5 nitrogen and oxygen atoms in total. The zero-order chi connectivity index (χ0) is 26.5. The number of alkyl halides is 3. The lowest BCUT2D eigenvalue weighted by Crippen LogP contribution is -2.29. The Hall–Kier alpha value is -2.74. The zero-order valence-electron chi connectivity index (χ0n) is 21.8. The summed E-state index contributed by atoms with van der Waals surface area (Å²) in [7, 11) is 0. The third-order valence-electron chi connectivity index (χ3n) is 6.84. The second kappa shape index (κ2) is 9.29. The van der Waals surface area contributed by atoms with Gasteiger partial charge in [0.15, 0.2) is 0 Å². The molecule has 8 heteroatoms. The number of aromatic nitrogens is 2.